The molecule has 158 valence electrons. The molecule has 1 aromatic carbocycles. The number of rotatable bonds is 7. The van der Waals surface area contributed by atoms with Crippen molar-refractivity contribution in [2.45, 2.75) is 44.7 Å². The maximum absolute atomic E-state index is 12.5. The highest BCUT2D eigenvalue weighted by Crippen LogP contribution is 2.30. The number of aromatic amines is 1. The molecule has 30 heavy (non-hydrogen) atoms. The lowest BCUT2D eigenvalue weighted by Gasteiger charge is -2.17. The smallest absolute Gasteiger partial charge is 0.330 e. The Labute approximate surface area is 170 Å². The lowest BCUT2D eigenvalue weighted by Crippen LogP contribution is -2.33. The summed E-state index contributed by atoms with van der Waals surface area (Å²) in [5.41, 5.74) is 9.07. The number of esters is 1. The predicted molar refractivity (Wildman–Crippen MR) is 105 cm³/mol. The Balaban J connectivity index is 1.71. The molecule has 0 spiro atoms. The number of nitrogens with one attached hydrogen (secondary N) is 1. The van der Waals surface area contributed by atoms with Crippen molar-refractivity contribution < 1.29 is 19.4 Å². The molecule has 1 aromatic heterocycles. The van der Waals surface area contributed by atoms with E-state index in [1.807, 2.05) is 0 Å². The molecular formula is C19H21N5O6. The maximum Gasteiger partial charge on any atom is 0.330 e. The molecule has 0 amide bonds. The molecule has 1 aliphatic heterocycles. The van der Waals surface area contributed by atoms with Gasteiger partial charge in [-0.3, -0.25) is 19.1 Å². The molecule has 11 heteroatoms. The number of carbonyl (C=O) groups is 1. The van der Waals surface area contributed by atoms with E-state index >= 15 is 0 Å². The minimum Gasteiger partial charge on any atom is -0.459 e. The minimum absolute atomic E-state index is 0.0475. The Hall–Kier alpha value is -3.40. The van der Waals surface area contributed by atoms with Crippen LogP contribution in [0.1, 0.15) is 29.3 Å². The van der Waals surface area contributed by atoms with E-state index < -0.39 is 42.3 Å². The van der Waals surface area contributed by atoms with Crippen LogP contribution in [0.2, 0.25) is 0 Å². The summed E-state index contributed by atoms with van der Waals surface area (Å²) in [6.07, 6.45) is -0.902. The number of hydrogen-bond acceptors (Lipinski definition) is 7. The zero-order valence-corrected chi connectivity index (χ0v) is 16.2. The van der Waals surface area contributed by atoms with Gasteiger partial charge in [0.2, 0.25) is 0 Å². The van der Waals surface area contributed by atoms with Crippen LogP contribution in [0.4, 0.5) is 0 Å². The zero-order chi connectivity index (χ0) is 21.7. The van der Waals surface area contributed by atoms with E-state index in [-0.39, 0.29) is 19.4 Å². The number of ether oxygens (including phenoxy) is 2. The molecular weight excluding hydrogens is 394 g/mol. The Morgan fingerprint density at radius 2 is 2.13 bits per heavy atom. The summed E-state index contributed by atoms with van der Waals surface area (Å²) in [5, 5.41) is 13.1. The van der Waals surface area contributed by atoms with Gasteiger partial charge in [0.15, 0.2) is 0 Å². The van der Waals surface area contributed by atoms with Gasteiger partial charge >= 0.3 is 11.7 Å². The summed E-state index contributed by atoms with van der Waals surface area (Å²) < 4.78 is 12.4. The number of carbonyl (C=O) groups excluding carboxylic acids is 1. The van der Waals surface area contributed by atoms with Gasteiger partial charge in [0, 0.05) is 23.1 Å². The molecule has 2 N–H and O–H groups in total. The highest BCUT2D eigenvalue weighted by atomic mass is 16.6. The SMILES string of the molecule is Cc1cn([C@H]2C[C@@H](OC(=O)Cc3ccccc3CN=[N+]=[N-])[C@@H](CO)O2)c(=O)[nH]c1=O. The first-order valence-corrected chi connectivity index (χ1v) is 9.28. The van der Waals surface area contributed by atoms with Crippen molar-refractivity contribution in [1.29, 1.82) is 0 Å². The highest BCUT2D eigenvalue weighted by Gasteiger charge is 2.39. The average molecular weight is 415 g/mol. The number of aliphatic hydroxyl groups excluding tert-OH is 1. The Bertz CT molecular complexity index is 1090. The molecule has 0 saturated carbocycles. The molecule has 0 radical (unpaired) electrons. The largest absolute Gasteiger partial charge is 0.459 e. The van der Waals surface area contributed by atoms with Crippen LogP contribution in [0.5, 0.6) is 0 Å². The second-order valence-electron chi connectivity index (χ2n) is 6.89. The number of H-pyrrole nitrogens is 1. The molecule has 0 bridgehead atoms. The van der Waals surface area contributed by atoms with E-state index in [4.69, 9.17) is 15.0 Å². The number of aromatic nitrogens is 2. The predicted octanol–water partition coefficient (Wildman–Crippen LogP) is 1.09. The summed E-state index contributed by atoms with van der Waals surface area (Å²) >= 11 is 0. The lowest BCUT2D eigenvalue weighted by atomic mass is 10.0. The van der Waals surface area contributed by atoms with Crippen LogP contribution in [0.15, 0.2) is 45.2 Å². The fraction of sp³-hybridized carbons (Fsp3) is 0.421. The van der Waals surface area contributed by atoms with E-state index in [9.17, 15) is 19.5 Å². The molecule has 1 aliphatic rings. The van der Waals surface area contributed by atoms with Gasteiger partial charge in [0.1, 0.15) is 18.4 Å². The third kappa shape index (κ3) is 4.77. The van der Waals surface area contributed by atoms with Crippen molar-refractivity contribution >= 4 is 5.97 Å². The first kappa shape index (κ1) is 21.3. The summed E-state index contributed by atoms with van der Waals surface area (Å²) in [6.45, 7) is 1.26. The molecule has 3 rings (SSSR count). The standard InChI is InChI=1S/C19H21N5O6/c1-11-9-24(19(28)22-18(11)27)16-7-14(15(10-25)29-16)30-17(26)6-12-4-2-3-5-13(12)8-21-23-20/h2-5,9,14-16,25H,6-8,10H2,1H3,(H,22,27,28)/t14-,15-,16-/m1/s1. The molecule has 2 heterocycles. The monoisotopic (exact) mass is 415 g/mol. The van der Waals surface area contributed by atoms with Crippen molar-refractivity contribution in [1.82, 2.24) is 9.55 Å². The van der Waals surface area contributed by atoms with E-state index in [0.29, 0.717) is 16.7 Å². The molecule has 0 aliphatic carbocycles. The van der Waals surface area contributed by atoms with E-state index in [2.05, 4.69) is 15.0 Å². The van der Waals surface area contributed by atoms with Crippen molar-refractivity contribution in [2.75, 3.05) is 6.61 Å². The quantitative estimate of drug-likeness (QED) is 0.298. The van der Waals surface area contributed by atoms with Gasteiger partial charge in [-0.2, -0.15) is 0 Å². The average Bonchev–Trinajstić information content (AvgIpc) is 3.12. The zero-order valence-electron chi connectivity index (χ0n) is 16.2. The topological polar surface area (TPSA) is 159 Å². The number of aliphatic hydroxyl groups is 1. The number of hydrogen-bond donors (Lipinski definition) is 2. The molecule has 0 unspecified atom stereocenters. The Kier molecular flexibility index (Phi) is 6.68. The van der Waals surface area contributed by atoms with Gasteiger partial charge < -0.3 is 14.6 Å². The van der Waals surface area contributed by atoms with Gasteiger partial charge in [-0.1, -0.05) is 29.4 Å². The van der Waals surface area contributed by atoms with Gasteiger partial charge in [-0.05, 0) is 23.6 Å². The van der Waals surface area contributed by atoms with Crippen LogP contribution in [0.3, 0.4) is 0 Å². The van der Waals surface area contributed by atoms with Crippen LogP contribution < -0.4 is 11.2 Å². The highest BCUT2D eigenvalue weighted by molar-refractivity contribution is 5.73. The van der Waals surface area contributed by atoms with Crippen molar-refractivity contribution in [3.8, 4) is 0 Å². The third-order valence-corrected chi connectivity index (χ3v) is 4.86. The van der Waals surface area contributed by atoms with Crippen LogP contribution >= 0.6 is 0 Å². The fourth-order valence-corrected chi connectivity index (χ4v) is 3.32. The van der Waals surface area contributed by atoms with E-state index in [1.165, 1.54) is 10.8 Å². The van der Waals surface area contributed by atoms with Crippen molar-refractivity contribution in [3.05, 3.63) is 78.4 Å². The van der Waals surface area contributed by atoms with E-state index in [1.54, 1.807) is 31.2 Å². The summed E-state index contributed by atoms with van der Waals surface area (Å²) in [6, 6.07) is 7.04. The van der Waals surface area contributed by atoms with Crippen molar-refractivity contribution in [2.24, 2.45) is 5.11 Å². The summed E-state index contributed by atoms with van der Waals surface area (Å²) in [7, 11) is 0. The lowest BCUT2D eigenvalue weighted by molar-refractivity contribution is -0.152. The second kappa shape index (κ2) is 9.40. The van der Waals surface area contributed by atoms with Crippen molar-refractivity contribution in [3.63, 3.8) is 0 Å². The first-order chi connectivity index (χ1) is 14.4. The Morgan fingerprint density at radius 1 is 1.40 bits per heavy atom. The third-order valence-electron chi connectivity index (χ3n) is 4.86. The normalized spacial score (nSPS) is 20.5. The van der Waals surface area contributed by atoms with E-state index in [0.717, 1.165) is 0 Å². The fourth-order valence-electron chi connectivity index (χ4n) is 3.32. The molecule has 1 fully saturated rings. The van der Waals surface area contributed by atoms with Crippen LogP contribution in [0, 0.1) is 6.92 Å². The Morgan fingerprint density at radius 3 is 2.83 bits per heavy atom. The molecule has 2 aromatic rings. The number of aryl methyl sites for hydroxylation is 1. The summed E-state index contributed by atoms with van der Waals surface area (Å²) in [4.78, 5) is 41.1. The van der Waals surface area contributed by atoms with Crippen LogP contribution in [-0.4, -0.2) is 39.4 Å². The number of nitrogens with zero attached hydrogens (tertiary/aromatic N) is 4. The van der Waals surface area contributed by atoms with Gasteiger partial charge in [-0.15, -0.1) is 0 Å². The van der Waals surface area contributed by atoms with Gasteiger partial charge in [0.05, 0.1) is 19.6 Å². The van der Waals surface area contributed by atoms with Crippen LogP contribution in [0.25, 0.3) is 10.4 Å². The van der Waals surface area contributed by atoms with Gasteiger partial charge in [-0.25, -0.2) is 4.79 Å². The summed E-state index contributed by atoms with van der Waals surface area (Å²) in [5.74, 6) is -0.541. The maximum atomic E-state index is 12.5. The van der Waals surface area contributed by atoms with Gasteiger partial charge in [0.25, 0.3) is 5.56 Å². The molecule has 11 nitrogen and oxygen atoms in total. The molecule has 3 atom stereocenters. The minimum atomic E-state index is -0.809. The van der Waals surface area contributed by atoms with Crippen LogP contribution in [-0.2, 0) is 27.2 Å². The first-order valence-electron chi connectivity index (χ1n) is 9.28. The molecule has 1 saturated heterocycles. The number of benzene rings is 1. The second-order valence-corrected chi connectivity index (χ2v) is 6.89. The number of azide groups is 1.